The molecule has 1 heterocycles. The van der Waals surface area contributed by atoms with Crippen LogP contribution in [0.25, 0.3) is 0 Å². The van der Waals surface area contributed by atoms with Gasteiger partial charge >= 0.3 is 0 Å². The minimum atomic E-state index is 0.202. The van der Waals surface area contributed by atoms with Crippen LogP contribution in [0.1, 0.15) is 32.3 Å². The van der Waals surface area contributed by atoms with Gasteiger partial charge in [-0.3, -0.25) is 4.99 Å². The SMILES string of the molecule is CCC1(CC)CSC(=NCc2c(Cl)cccc2OC)N1. The molecule has 1 aliphatic heterocycles. The van der Waals surface area contributed by atoms with Gasteiger partial charge < -0.3 is 10.1 Å². The Kier molecular flexibility index (Phi) is 5.22. The quantitative estimate of drug-likeness (QED) is 0.888. The number of amidine groups is 1. The largest absolute Gasteiger partial charge is 0.496 e. The van der Waals surface area contributed by atoms with Crippen molar-refractivity contribution in [2.45, 2.75) is 38.8 Å². The Balaban J connectivity index is 2.11. The first-order valence-electron chi connectivity index (χ1n) is 6.91. The minimum Gasteiger partial charge on any atom is -0.496 e. The average molecular weight is 313 g/mol. The first kappa shape index (κ1) is 15.5. The second-order valence-electron chi connectivity index (χ2n) is 4.94. The summed E-state index contributed by atoms with van der Waals surface area (Å²) in [6.45, 7) is 4.98. The van der Waals surface area contributed by atoms with Crippen LogP contribution in [-0.2, 0) is 6.54 Å². The van der Waals surface area contributed by atoms with Crippen molar-refractivity contribution in [3.63, 3.8) is 0 Å². The van der Waals surface area contributed by atoms with Crippen LogP contribution in [0.4, 0.5) is 0 Å². The van der Waals surface area contributed by atoms with Crippen LogP contribution < -0.4 is 10.1 Å². The zero-order valence-corrected chi connectivity index (χ0v) is 13.8. The first-order valence-corrected chi connectivity index (χ1v) is 8.27. The maximum absolute atomic E-state index is 6.23. The molecule has 1 fully saturated rings. The van der Waals surface area contributed by atoms with Gasteiger partial charge in [0.05, 0.1) is 13.7 Å². The summed E-state index contributed by atoms with van der Waals surface area (Å²) in [5, 5.41) is 5.27. The number of nitrogens with one attached hydrogen (secondary N) is 1. The number of ether oxygens (including phenoxy) is 1. The number of benzene rings is 1. The molecule has 0 aliphatic carbocycles. The minimum absolute atomic E-state index is 0.202. The van der Waals surface area contributed by atoms with Crippen LogP contribution in [0.2, 0.25) is 5.02 Å². The van der Waals surface area contributed by atoms with Gasteiger partial charge in [0.2, 0.25) is 0 Å². The molecular formula is C15H21ClN2OS. The third-order valence-corrected chi connectivity index (χ3v) is 5.44. The van der Waals surface area contributed by atoms with Gasteiger partial charge in [0.1, 0.15) is 5.75 Å². The van der Waals surface area contributed by atoms with E-state index >= 15 is 0 Å². The van der Waals surface area contributed by atoms with Crippen molar-refractivity contribution in [1.82, 2.24) is 5.32 Å². The van der Waals surface area contributed by atoms with Gasteiger partial charge in [-0.1, -0.05) is 43.3 Å². The van der Waals surface area contributed by atoms with Crippen LogP contribution in [0, 0.1) is 0 Å². The molecule has 3 nitrogen and oxygen atoms in total. The van der Waals surface area contributed by atoms with Crippen LogP contribution >= 0.6 is 23.4 Å². The van der Waals surface area contributed by atoms with Crippen LogP contribution in [-0.4, -0.2) is 23.6 Å². The van der Waals surface area contributed by atoms with Crippen molar-refractivity contribution in [2.75, 3.05) is 12.9 Å². The van der Waals surface area contributed by atoms with E-state index in [-0.39, 0.29) is 5.54 Å². The summed E-state index contributed by atoms with van der Waals surface area (Å²) in [5.41, 5.74) is 1.14. The molecule has 2 rings (SSSR count). The smallest absolute Gasteiger partial charge is 0.157 e. The van der Waals surface area contributed by atoms with E-state index in [1.165, 1.54) is 0 Å². The normalized spacial score (nSPS) is 19.1. The monoisotopic (exact) mass is 312 g/mol. The van der Waals surface area contributed by atoms with Crippen molar-refractivity contribution in [3.05, 3.63) is 28.8 Å². The van der Waals surface area contributed by atoms with Gasteiger partial charge in [-0.2, -0.15) is 0 Å². The lowest BCUT2D eigenvalue weighted by Gasteiger charge is -2.25. The van der Waals surface area contributed by atoms with Crippen LogP contribution in [0.5, 0.6) is 5.75 Å². The van der Waals surface area contributed by atoms with Crippen LogP contribution in [0.3, 0.4) is 0 Å². The molecule has 5 heteroatoms. The van der Waals surface area contributed by atoms with E-state index in [9.17, 15) is 0 Å². The number of hydrogen-bond donors (Lipinski definition) is 1. The molecule has 0 unspecified atom stereocenters. The Bertz CT molecular complexity index is 501. The molecule has 0 aromatic heterocycles. The lowest BCUT2D eigenvalue weighted by atomic mass is 9.96. The number of aliphatic imine (C=N–C) groups is 1. The maximum atomic E-state index is 6.23. The number of methoxy groups -OCH3 is 1. The van der Waals surface area contributed by atoms with E-state index in [1.807, 2.05) is 18.2 Å². The number of rotatable bonds is 5. The summed E-state index contributed by atoms with van der Waals surface area (Å²) in [6, 6.07) is 5.68. The Hall–Kier alpha value is -0.870. The van der Waals surface area contributed by atoms with Gasteiger partial charge in [-0.25, -0.2) is 0 Å². The Morgan fingerprint density at radius 2 is 2.15 bits per heavy atom. The second-order valence-corrected chi connectivity index (χ2v) is 6.31. The van der Waals surface area contributed by atoms with Crippen molar-refractivity contribution in [1.29, 1.82) is 0 Å². The fourth-order valence-corrected chi connectivity index (χ4v) is 3.82. The van der Waals surface area contributed by atoms with E-state index in [4.69, 9.17) is 16.3 Å². The molecule has 1 saturated heterocycles. The molecule has 1 aromatic carbocycles. The number of halogens is 1. The van der Waals surface area contributed by atoms with Crippen molar-refractivity contribution >= 4 is 28.5 Å². The molecule has 110 valence electrons. The van der Waals surface area contributed by atoms with E-state index in [1.54, 1.807) is 18.9 Å². The molecule has 0 radical (unpaired) electrons. The molecule has 0 saturated carbocycles. The summed E-state index contributed by atoms with van der Waals surface area (Å²) < 4.78 is 5.34. The number of nitrogens with zero attached hydrogens (tertiary/aromatic N) is 1. The maximum Gasteiger partial charge on any atom is 0.157 e. The van der Waals surface area contributed by atoms with Gasteiger partial charge in [-0.05, 0) is 25.0 Å². The third kappa shape index (κ3) is 3.23. The molecule has 0 spiro atoms. The highest BCUT2D eigenvalue weighted by atomic mass is 35.5. The summed E-state index contributed by atoms with van der Waals surface area (Å²) in [5.74, 6) is 1.88. The van der Waals surface area contributed by atoms with E-state index < -0.39 is 0 Å². The number of hydrogen-bond acceptors (Lipinski definition) is 3. The Morgan fingerprint density at radius 3 is 2.75 bits per heavy atom. The molecule has 20 heavy (non-hydrogen) atoms. The Morgan fingerprint density at radius 1 is 1.40 bits per heavy atom. The summed E-state index contributed by atoms with van der Waals surface area (Å²) in [4.78, 5) is 4.66. The van der Waals surface area contributed by atoms with E-state index in [0.29, 0.717) is 11.6 Å². The first-order chi connectivity index (χ1) is 9.64. The highest BCUT2D eigenvalue weighted by Crippen LogP contribution is 2.31. The zero-order chi connectivity index (χ0) is 14.6. The predicted molar refractivity (Wildman–Crippen MR) is 88.0 cm³/mol. The lowest BCUT2D eigenvalue weighted by molar-refractivity contribution is 0.406. The summed E-state index contributed by atoms with van der Waals surface area (Å²) in [6.07, 6.45) is 2.23. The topological polar surface area (TPSA) is 33.6 Å². The Labute approximate surface area is 130 Å². The lowest BCUT2D eigenvalue weighted by Crippen LogP contribution is -2.42. The van der Waals surface area contributed by atoms with Gasteiger partial charge in [0.25, 0.3) is 0 Å². The molecule has 0 atom stereocenters. The third-order valence-electron chi connectivity index (χ3n) is 3.89. The van der Waals surface area contributed by atoms with Crippen molar-refractivity contribution < 1.29 is 4.74 Å². The van der Waals surface area contributed by atoms with E-state index in [2.05, 4.69) is 24.2 Å². The van der Waals surface area contributed by atoms with E-state index in [0.717, 1.165) is 35.1 Å². The molecular weight excluding hydrogens is 292 g/mol. The molecule has 0 amide bonds. The standard InChI is InChI=1S/C15H21ClN2OS/c1-4-15(5-2)10-20-14(18-15)17-9-11-12(16)7-6-8-13(11)19-3/h6-8H,4-5,9-10H2,1-3H3,(H,17,18). The highest BCUT2D eigenvalue weighted by Gasteiger charge is 2.33. The highest BCUT2D eigenvalue weighted by molar-refractivity contribution is 8.14. The molecule has 1 N–H and O–H groups in total. The molecule has 0 bridgehead atoms. The average Bonchev–Trinajstić information content (AvgIpc) is 2.90. The van der Waals surface area contributed by atoms with Crippen LogP contribution in [0.15, 0.2) is 23.2 Å². The van der Waals surface area contributed by atoms with Crippen molar-refractivity contribution in [2.24, 2.45) is 4.99 Å². The zero-order valence-electron chi connectivity index (χ0n) is 12.2. The van der Waals surface area contributed by atoms with Gasteiger partial charge in [0.15, 0.2) is 5.17 Å². The summed E-state index contributed by atoms with van der Waals surface area (Å²) in [7, 11) is 1.66. The van der Waals surface area contributed by atoms with Gasteiger partial charge in [0, 0.05) is 21.9 Å². The summed E-state index contributed by atoms with van der Waals surface area (Å²) >= 11 is 8.02. The fraction of sp³-hybridized carbons (Fsp3) is 0.533. The van der Waals surface area contributed by atoms with Gasteiger partial charge in [-0.15, -0.1) is 0 Å². The molecule has 1 aromatic rings. The number of thioether (sulfide) groups is 1. The van der Waals surface area contributed by atoms with Crippen molar-refractivity contribution in [3.8, 4) is 5.75 Å². The predicted octanol–water partition coefficient (Wildman–Crippen LogP) is 4.10. The second kappa shape index (κ2) is 6.72. The fourth-order valence-electron chi connectivity index (χ4n) is 2.26. The molecule has 1 aliphatic rings.